The fraction of sp³-hybridized carbons (Fsp3) is 0.360. The summed E-state index contributed by atoms with van der Waals surface area (Å²) in [5.41, 5.74) is -0.306. The van der Waals surface area contributed by atoms with Gasteiger partial charge < -0.3 is 18.9 Å². The monoisotopic (exact) mass is 566 g/mol. The number of hydrogen-bond donors (Lipinski definition) is 1. The van der Waals surface area contributed by atoms with Crippen LogP contribution in [0, 0.1) is 23.7 Å². The first-order chi connectivity index (χ1) is 18.4. The van der Waals surface area contributed by atoms with Gasteiger partial charge in [-0.1, -0.05) is 36.4 Å². The number of carbonyl (C=O) groups is 4. The summed E-state index contributed by atoms with van der Waals surface area (Å²) in [6.07, 6.45) is -1.41. The van der Waals surface area contributed by atoms with E-state index in [1.54, 1.807) is 30.3 Å². The molecule has 2 aromatic carbocycles. The second-order valence-corrected chi connectivity index (χ2v) is 10.8. The van der Waals surface area contributed by atoms with Crippen molar-refractivity contribution in [2.45, 2.75) is 30.5 Å². The predicted molar refractivity (Wildman–Crippen MR) is 122 cm³/mol. The number of para-hydroxylation sites is 1. The lowest BCUT2D eigenvalue weighted by atomic mass is 9.78. The van der Waals surface area contributed by atoms with Crippen molar-refractivity contribution in [3.8, 4) is 5.75 Å². The van der Waals surface area contributed by atoms with Crippen LogP contribution >= 0.6 is 0 Å². The third kappa shape index (κ3) is 4.63. The number of esters is 4. The fourth-order valence-electron chi connectivity index (χ4n) is 5.51. The van der Waals surface area contributed by atoms with Crippen LogP contribution in [0.1, 0.15) is 22.3 Å². The summed E-state index contributed by atoms with van der Waals surface area (Å²) >= 11 is 0. The van der Waals surface area contributed by atoms with Gasteiger partial charge in [-0.3, -0.25) is 14.1 Å². The van der Waals surface area contributed by atoms with Gasteiger partial charge in [-0.2, -0.15) is 17.2 Å². The number of alkyl halides is 2. The Morgan fingerprint density at radius 1 is 1.03 bits per heavy atom. The van der Waals surface area contributed by atoms with Gasteiger partial charge in [-0.15, -0.1) is 0 Å². The number of fused-ring (bicyclic) bond motifs is 1. The second-order valence-electron chi connectivity index (χ2n) is 9.35. The molecule has 206 valence electrons. The molecule has 11 nitrogen and oxygen atoms in total. The van der Waals surface area contributed by atoms with E-state index in [0.717, 1.165) is 0 Å². The minimum absolute atomic E-state index is 0.105. The largest absolute Gasteiger partial charge is 0.465 e. The standard InChI is InChI=1S/C25H20F2O11S/c26-25(27,39(32,33)34)24(31)35-11-12-6-4-5-9-14(12)21(28)37-19-15-10-16-18(23(30)38-20(16)19)17(15)22(29)36-13-7-2-1-3-8-13/h1-9,15-20H,10-11H2,(H,32,33,34). The van der Waals surface area contributed by atoms with Crippen LogP contribution in [0.3, 0.4) is 0 Å². The van der Waals surface area contributed by atoms with Gasteiger partial charge in [0.25, 0.3) is 0 Å². The summed E-state index contributed by atoms with van der Waals surface area (Å²) in [7, 11) is -6.07. The van der Waals surface area contributed by atoms with Crippen LogP contribution in [0.15, 0.2) is 54.6 Å². The number of rotatable bonds is 8. The van der Waals surface area contributed by atoms with Crippen molar-refractivity contribution >= 4 is 34.0 Å². The summed E-state index contributed by atoms with van der Waals surface area (Å²) in [5, 5.41) is -5.21. The van der Waals surface area contributed by atoms with E-state index < -0.39 is 75.8 Å². The van der Waals surface area contributed by atoms with Gasteiger partial charge in [0.1, 0.15) is 24.6 Å². The summed E-state index contributed by atoms with van der Waals surface area (Å²) in [4.78, 5) is 50.3. The Kier molecular flexibility index (Phi) is 6.63. The van der Waals surface area contributed by atoms with Gasteiger partial charge in [-0.05, 0) is 24.6 Å². The van der Waals surface area contributed by atoms with Crippen molar-refractivity contribution in [2.75, 3.05) is 0 Å². The quantitative estimate of drug-likeness (QED) is 0.216. The Hall–Kier alpha value is -3.91. The molecule has 2 aliphatic carbocycles. The molecule has 1 N–H and O–H groups in total. The third-order valence-corrected chi connectivity index (χ3v) is 8.00. The lowest BCUT2D eigenvalue weighted by Crippen LogP contribution is -2.44. The van der Waals surface area contributed by atoms with E-state index in [4.69, 9.17) is 18.8 Å². The molecule has 1 aliphatic heterocycles. The van der Waals surface area contributed by atoms with Crippen LogP contribution in [0.5, 0.6) is 5.75 Å². The van der Waals surface area contributed by atoms with E-state index >= 15 is 0 Å². The van der Waals surface area contributed by atoms with E-state index in [-0.39, 0.29) is 22.8 Å². The van der Waals surface area contributed by atoms with Gasteiger partial charge >= 0.3 is 39.2 Å². The second kappa shape index (κ2) is 9.68. The number of carbonyl (C=O) groups excluding carboxylic acids is 4. The summed E-state index contributed by atoms with van der Waals surface area (Å²) in [6.45, 7) is -0.946. The molecule has 2 saturated carbocycles. The average molecular weight is 566 g/mol. The predicted octanol–water partition coefficient (Wildman–Crippen LogP) is 2.15. The molecule has 1 heterocycles. The van der Waals surface area contributed by atoms with Crippen LogP contribution in [0.2, 0.25) is 0 Å². The number of halogens is 2. The Labute approximate surface area is 219 Å². The van der Waals surface area contributed by atoms with Crippen LogP contribution in [-0.4, -0.2) is 54.3 Å². The number of benzene rings is 2. The highest BCUT2D eigenvalue weighted by Gasteiger charge is 2.70. The molecule has 6 unspecified atom stereocenters. The normalized spacial score (nSPS) is 27.1. The van der Waals surface area contributed by atoms with Crippen molar-refractivity contribution in [1.82, 2.24) is 0 Å². The lowest BCUT2D eigenvalue weighted by Gasteiger charge is -2.30. The van der Waals surface area contributed by atoms with Gasteiger partial charge in [-0.25, -0.2) is 9.59 Å². The molecule has 3 fully saturated rings. The molecule has 6 atom stereocenters. The third-order valence-electron chi connectivity index (χ3n) is 7.18. The Morgan fingerprint density at radius 3 is 2.38 bits per heavy atom. The molecule has 0 aromatic heterocycles. The molecular weight excluding hydrogens is 546 g/mol. The van der Waals surface area contributed by atoms with Crippen molar-refractivity contribution in [3.05, 3.63) is 65.7 Å². The molecule has 3 aliphatic rings. The molecule has 14 heteroatoms. The Balaban J connectivity index is 1.32. The van der Waals surface area contributed by atoms with Crippen molar-refractivity contribution in [3.63, 3.8) is 0 Å². The molecular formula is C25H20F2O11S. The van der Waals surface area contributed by atoms with Crippen molar-refractivity contribution in [2.24, 2.45) is 23.7 Å². The molecule has 5 rings (SSSR count). The zero-order valence-corrected chi connectivity index (χ0v) is 20.6. The average Bonchev–Trinajstić information content (AvgIpc) is 3.51. The maximum absolute atomic E-state index is 13.5. The summed E-state index contributed by atoms with van der Waals surface area (Å²) in [6, 6.07) is 13.6. The zero-order chi connectivity index (χ0) is 28.1. The van der Waals surface area contributed by atoms with Crippen LogP contribution in [0.4, 0.5) is 8.78 Å². The topological polar surface area (TPSA) is 160 Å². The lowest BCUT2D eigenvalue weighted by molar-refractivity contribution is -0.162. The minimum atomic E-state index is -6.07. The highest BCUT2D eigenvalue weighted by molar-refractivity contribution is 7.87. The summed E-state index contributed by atoms with van der Waals surface area (Å²) < 4.78 is 78.0. The van der Waals surface area contributed by atoms with Crippen LogP contribution < -0.4 is 4.74 Å². The first-order valence-electron chi connectivity index (χ1n) is 11.7. The SMILES string of the molecule is O=C(OC1C2CC3C1OC(=O)C3C2C(=O)Oc1ccccc1)c1ccccc1COC(=O)C(F)(F)S(=O)(=O)O. The number of ether oxygens (including phenoxy) is 4. The van der Waals surface area contributed by atoms with Crippen LogP contribution in [0.25, 0.3) is 0 Å². The molecule has 0 spiro atoms. The maximum Gasteiger partial charge on any atom is 0.465 e. The Morgan fingerprint density at radius 2 is 1.69 bits per heavy atom. The molecule has 39 heavy (non-hydrogen) atoms. The molecule has 0 radical (unpaired) electrons. The minimum Gasteiger partial charge on any atom is -0.458 e. The molecule has 2 aromatic rings. The highest BCUT2D eigenvalue weighted by Crippen LogP contribution is 2.59. The van der Waals surface area contributed by atoms with E-state index in [0.29, 0.717) is 6.42 Å². The highest BCUT2D eigenvalue weighted by atomic mass is 32.2. The first-order valence-corrected chi connectivity index (χ1v) is 13.1. The van der Waals surface area contributed by atoms with Gasteiger partial charge in [0.05, 0.1) is 17.4 Å². The van der Waals surface area contributed by atoms with Gasteiger partial charge in [0.2, 0.25) is 0 Å². The van der Waals surface area contributed by atoms with Crippen molar-refractivity contribution < 1.29 is 59.9 Å². The van der Waals surface area contributed by atoms with Crippen molar-refractivity contribution in [1.29, 1.82) is 0 Å². The van der Waals surface area contributed by atoms with Gasteiger partial charge in [0, 0.05) is 17.4 Å². The zero-order valence-electron chi connectivity index (χ0n) is 19.8. The summed E-state index contributed by atoms with van der Waals surface area (Å²) in [5.74, 6) is -7.09. The maximum atomic E-state index is 13.5. The van der Waals surface area contributed by atoms with E-state index in [9.17, 15) is 36.4 Å². The van der Waals surface area contributed by atoms with Gasteiger partial charge in [0.15, 0.2) is 0 Å². The van der Waals surface area contributed by atoms with E-state index in [1.807, 2.05) is 0 Å². The first kappa shape index (κ1) is 26.7. The van der Waals surface area contributed by atoms with E-state index in [1.165, 1.54) is 24.3 Å². The molecule has 2 bridgehead atoms. The fourth-order valence-corrected chi connectivity index (χ4v) is 5.78. The Bertz CT molecular complexity index is 1440. The molecule has 0 amide bonds. The van der Waals surface area contributed by atoms with Crippen LogP contribution in [-0.2, 0) is 45.3 Å². The smallest absolute Gasteiger partial charge is 0.458 e. The van der Waals surface area contributed by atoms with E-state index in [2.05, 4.69) is 4.74 Å². The number of hydrogen-bond acceptors (Lipinski definition) is 10. The molecule has 1 saturated heterocycles.